The molecule has 0 saturated heterocycles. The van der Waals surface area contributed by atoms with E-state index in [4.69, 9.17) is 9.47 Å². The molecule has 0 fully saturated rings. The van der Waals surface area contributed by atoms with E-state index < -0.39 is 53.4 Å². The van der Waals surface area contributed by atoms with E-state index in [9.17, 15) is 27.6 Å². The average Bonchev–Trinajstić information content (AvgIpc) is 3.01. The van der Waals surface area contributed by atoms with Crippen LogP contribution < -0.4 is 9.80 Å². The number of benzene rings is 1. The molecule has 0 unspecified atom stereocenters. The molecule has 2 amide bonds. The number of carbonyl (C=O) groups excluding carboxylic acids is 3. The molecule has 178 valence electrons. The summed E-state index contributed by atoms with van der Waals surface area (Å²) in [5.74, 6) is -4.68. The molecule has 0 bridgehead atoms. The van der Waals surface area contributed by atoms with Crippen molar-refractivity contribution in [2.24, 2.45) is 0 Å². The smallest absolute Gasteiger partial charge is 0.459 e. The third-order valence-electron chi connectivity index (χ3n) is 4.17. The van der Waals surface area contributed by atoms with Crippen LogP contribution in [0.4, 0.5) is 33.7 Å². The number of esters is 1. The van der Waals surface area contributed by atoms with Crippen molar-refractivity contribution in [2.45, 2.75) is 65.3 Å². The SMILES string of the molecule is CC(C)(C)OC(=O)CN(C(=O)C(F)(F)F)c1ccc2c(c1F)CCN2C(=O)OC(C)(C)C. The summed E-state index contributed by atoms with van der Waals surface area (Å²) in [6.45, 7) is 8.38. The van der Waals surface area contributed by atoms with Crippen molar-refractivity contribution in [3.8, 4) is 0 Å². The van der Waals surface area contributed by atoms with Gasteiger partial charge >= 0.3 is 24.1 Å². The Bertz CT molecular complexity index is 916. The zero-order valence-corrected chi connectivity index (χ0v) is 18.7. The Morgan fingerprint density at radius 1 is 1.00 bits per heavy atom. The first-order chi connectivity index (χ1) is 14.4. The predicted molar refractivity (Wildman–Crippen MR) is 108 cm³/mol. The molecule has 1 aliphatic rings. The lowest BCUT2D eigenvalue weighted by molar-refractivity contribution is -0.171. The highest BCUT2D eigenvalue weighted by Gasteiger charge is 2.45. The maximum Gasteiger partial charge on any atom is 0.471 e. The Balaban J connectivity index is 2.43. The van der Waals surface area contributed by atoms with Gasteiger partial charge in [0.05, 0.1) is 11.4 Å². The number of halogens is 4. The Morgan fingerprint density at radius 3 is 2.06 bits per heavy atom. The number of alkyl halides is 3. The Morgan fingerprint density at radius 2 is 1.56 bits per heavy atom. The number of fused-ring (bicyclic) bond motifs is 1. The van der Waals surface area contributed by atoms with Gasteiger partial charge in [-0.1, -0.05) is 0 Å². The summed E-state index contributed by atoms with van der Waals surface area (Å²) in [5, 5.41) is 0. The van der Waals surface area contributed by atoms with Crippen molar-refractivity contribution >= 4 is 29.3 Å². The number of nitrogens with zero attached hydrogens (tertiary/aromatic N) is 2. The zero-order chi connectivity index (χ0) is 24.6. The van der Waals surface area contributed by atoms with Crippen molar-refractivity contribution in [3.05, 3.63) is 23.5 Å². The first kappa shape index (κ1) is 25.4. The summed E-state index contributed by atoms with van der Waals surface area (Å²) in [5.41, 5.74) is -2.49. The molecule has 1 aliphatic heterocycles. The highest BCUT2D eigenvalue weighted by atomic mass is 19.4. The van der Waals surface area contributed by atoms with E-state index in [2.05, 4.69) is 0 Å². The molecule has 0 atom stereocenters. The van der Waals surface area contributed by atoms with Crippen LogP contribution in [-0.2, 0) is 25.5 Å². The van der Waals surface area contributed by atoms with Gasteiger partial charge in [0.1, 0.15) is 17.7 Å². The molecule has 0 N–H and O–H groups in total. The van der Waals surface area contributed by atoms with Crippen LogP contribution in [0.2, 0.25) is 0 Å². The first-order valence-corrected chi connectivity index (χ1v) is 9.83. The number of hydrogen-bond acceptors (Lipinski definition) is 5. The molecular formula is C21H26F4N2O5. The number of rotatable bonds is 3. The van der Waals surface area contributed by atoms with Gasteiger partial charge in [0, 0.05) is 12.1 Å². The molecule has 0 saturated carbocycles. The minimum absolute atomic E-state index is 0.000176. The van der Waals surface area contributed by atoms with Gasteiger partial charge in [0.15, 0.2) is 5.82 Å². The second kappa shape index (κ2) is 8.59. The number of anilines is 2. The molecule has 32 heavy (non-hydrogen) atoms. The molecule has 11 heteroatoms. The maximum atomic E-state index is 15.2. The van der Waals surface area contributed by atoms with Crippen LogP contribution in [0, 0.1) is 5.82 Å². The molecule has 1 aromatic carbocycles. The Labute approximate surface area is 183 Å². The lowest BCUT2D eigenvalue weighted by atomic mass is 10.1. The summed E-state index contributed by atoms with van der Waals surface area (Å²) in [6, 6.07) is 2.14. The van der Waals surface area contributed by atoms with Crippen LogP contribution in [0.15, 0.2) is 12.1 Å². The van der Waals surface area contributed by atoms with Crippen LogP contribution >= 0.6 is 0 Å². The van der Waals surface area contributed by atoms with Gasteiger partial charge in [-0.05, 0) is 60.1 Å². The minimum atomic E-state index is -5.35. The van der Waals surface area contributed by atoms with Crippen LogP contribution in [0.1, 0.15) is 47.1 Å². The molecule has 1 heterocycles. The van der Waals surface area contributed by atoms with Gasteiger partial charge < -0.3 is 9.47 Å². The average molecular weight is 462 g/mol. The van der Waals surface area contributed by atoms with Crippen LogP contribution in [0.5, 0.6) is 0 Å². The fourth-order valence-corrected chi connectivity index (χ4v) is 3.07. The lowest BCUT2D eigenvalue weighted by Gasteiger charge is -2.27. The number of ether oxygens (including phenoxy) is 2. The summed E-state index contributed by atoms with van der Waals surface area (Å²) in [6.07, 6.45) is -6.09. The van der Waals surface area contributed by atoms with Crippen molar-refractivity contribution < 1.29 is 41.4 Å². The largest absolute Gasteiger partial charge is 0.471 e. The molecule has 0 aromatic heterocycles. The molecule has 0 radical (unpaired) electrons. The highest BCUT2D eigenvalue weighted by molar-refractivity contribution is 6.01. The molecule has 1 aromatic rings. The number of carbonyl (C=O) groups is 3. The van der Waals surface area contributed by atoms with E-state index in [1.807, 2.05) is 0 Å². The van der Waals surface area contributed by atoms with Crippen molar-refractivity contribution in [3.63, 3.8) is 0 Å². The van der Waals surface area contributed by atoms with Crippen LogP contribution in [0.25, 0.3) is 0 Å². The topological polar surface area (TPSA) is 76.2 Å². The maximum absolute atomic E-state index is 15.2. The summed E-state index contributed by atoms with van der Waals surface area (Å²) < 4.78 is 65.0. The standard InChI is InChI=1S/C21H26F4N2O5/c1-19(2,3)31-15(28)11-27(17(29)21(23,24)25)14-8-7-13-12(16(14)22)9-10-26(13)18(30)32-20(4,5)6/h7-8H,9-11H2,1-6H3. The summed E-state index contributed by atoms with van der Waals surface area (Å²) in [7, 11) is 0. The Hall–Kier alpha value is -2.85. The fourth-order valence-electron chi connectivity index (χ4n) is 3.07. The quantitative estimate of drug-likeness (QED) is 0.493. The lowest BCUT2D eigenvalue weighted by Crippen LogP contribution is -2.45. The van der Waals surface area contributed by atoms with Crippen LogP contribution in [0.3, 0.4) is 0 Å². The number of amides is 2. The molecule has 2 rings (SSSR count). The molecular weight excluding hydrogens is 436 g/mol. The molecule has 0 spiro atoms. The predicted octanol–water partition coefficient (Wildman–Crippen LogP) is 4.36. The first-order valence-electron chi connectivity index (χ1n) is 9.83. The fraction of sp³-hybridized carbons (Fsp3) is 0.571. The van der Waals surface area contributed by atoms with Crippen molar-refractivity contribution in [1.82, 2.24) is 0 Å². The van der Waals surface area contributed by atoms with Gasteiger partial charge in [0.25, 0.3) is 0 Å². The van der Waals surface area contributed by atoms with E-state index in [1.54, 1.807) is 20.8 Å². The molecule has 7 nitrogen and oxygen atoms in total. The third kappa shape index (κ3) is 6.10. The van der Waals surface area contributed by atoms with E-state index in [0.29, 0.717) is 0 Å². The third-order valence-corrected chi connectivity index (χ3v) is 4.17. The normalized spacial score (nSPS) is 14.1. The number of hydrogen-bond donors (Lipinski definition) is 0. The van der Waals surface area contributed by atoms with E-state index >= 15 is 4.39 Å². The van der Waals surface area contributed by atoms with Gasteiger partial charge in [-0.3, -0.25) is 19.4 Å². The molecule has 0 aliphatic carbocycles. The highest BCUT2D eigenvalue weighted by Crippen LogP contribution is 2.37. The summed E-state index contributed by atoms with van der Waals surface area (Å²) >= 11 is 0. The van der Waals surface area contributed by atoms with Gasteiger partial charge in [-0.15, -0.1) is 0 Å². The Kier molecular flexibility index (Phi) is 6.82. The van der Waals surface area contributed by atoms with E-state index in [1.165, 1.54) is 26.8 Å². The minimum Gasteiger partial charge on any atom is -0.459 e. The van der Waals surface area contributed by atoms with E-state index in [0.717, 1.165) is 11.0 Å². The monoisotopic (exact) mass is 462 g/mol. The van der Waals surface area contributed by atoms with Crippen LogP contribution in [-0.4, -0.2) is 48.4 Å². The van der Waals surface area contributed by atoms with Gasteiger partial charge in [-0.2, -0.15) is 13.2 Å². The van der Waals surface area contributed by atoms with Gasteiger partial charge in [-0.25, -0.2) is 9.18 Å². The second-order valence-corrected chi connectivity index (χ2v) is 9.25. The van der Waals surface area contributed by atoms with Gasteiger partial charge in [0.2, 0.25) is 0 Å². The van der Waals surface area contributed by atoms with Crippen molar-refractivity contribution in [2.75, 3.05) is 22.9 Å². The van der Waals surface area contributed by atoms with Crippen molar-refractivity contribution in [1.29, 1.82) is 0 Å². The zero-order valence-electron chi connectivity index (χ0n) is 18.7. The summed E-state index contributed by atoms with van der Waals surface area (Å²) in [4.78, 5) is 37.6. The second-order valence-electron chi connectivity index (χ2n) is 9.25. The van der Waals surface area contributed by atoms with E-state index in [-0.39, 0.29) is 29.1 Å².